The Morgan fingerprint density at radius 3 is 2.47 bits per heavy atom. The highest BCUT2D eigenvalue weighted by Gasteiger charge is 2.41. The molecule has 0 aliphatic rings. The van der Waals surface area contributed by atoms with Crippen LogP contribution >= 0.6 is 0 Å². The van der Waals surface area contributed by atoms with Crippen LogP contribution in [-0.4, -0.2) is 23.1 Å². The number of amidine groups is 1. The average molecular weight is 248 g/mol. The lowest BCUT2D eigenvalue weighted by molar-refractivity contribution is -0.189. The van der Waals surface area contributed by atoms with Gasteiger partial charge in [-0.25, -0.2) is 4.79 Å². The minimum absolute atomic E-state index is 0.225. The summed E-state index contributed by atoms with van der Waals surface area (Å²) in [5, 5.41) is 16.4. The molecule has 0 aliphatic heterocycles. The minimum Gasteiger partial charge on any atom is -0.504 e. The van der Waals surface area contributed by atoms with Gasteiger partial charge in [-0.2, -0.15) is 13.2 Å². The largest absolute Gasteiger partial charge is 0.504 e. The molecule has 0 fully saturated rings. The summed E-state index contributed by atoms with van der Waals surface area (Å²) in [5.41, 5.74) is 4.84. The minimum atomic E-state index is -5.17. The Morgan fingerprint density at radius 1 is 1.41 bits per heavy atom. The van der Waals surface area contributed by atoms with Crippen molar-refractivity contribution in [3.8, 4) is 11.5 Å². The van der Waals surface area contributed by atoms with Gasteiger partial charge < -0.3 is 15.6 Å². The molecular formula is C9H7F3N2O3. The fourth-order valence-corrected chi connectivity index (χ4v) is 0.980. The molecule has 1 aromatic rings. The quantitative estimate of drug-likeness (QED) is 0.316. The van der Waals surface area contributed by atoms with E-state index in [2.05, 4.69) is 4.74 Å². The summed E-state index contributed by atoms with van der Waals surface area (Å²) in [6, 6.07) is 3.34. The van der Waals surface area contributed by atoms with Gasteiger partial charge in [-0.05, 0) is 12.1 Å². The van der Waals surface area contributed by atoms with Crippen molar-refractivity contribution in [3.63, 3.8) is 0 Å². The molecule has 1 aromatic carbocycles. The predicted molar refractivity (Wildman–Crippen MR) is 50.8 cm³/mol. The van der Waals surface area contributed by atoms with E-state index in [0.29, 0.717) is 0 Å². The third-order valence-electron chi connectivity index (χ3n) is 1.72. The van der Waals surface area contributed by atoms with E-state index in [1.807, 2.05) is 0 Å². The van der Waals surface area contributed by atoms with Crippen molar-refractivity contribution in [2.45, 2.75) is 6.18 Å². The second-order valence-electron chi connectivity index (χ2n) is 2.95. The first-order valence-corrected chi connectivity index (χ1v) is 4.19. The van der Waals surface area contributed by atoms with Crippen molar-refractivity contribution in [1.82, 2.24) is 0 Å². The number of alkyl halides is 3. The number of hydrogen-bond donors (Lipinski definition) is 3. The van der Waals surface area contributed by atoms with Gasteiger partial charge in [0.25, 0.3) is 0 Å². The summed E-state index contributed by atoms with van der Waals surface area (Å²) in [6.07, 6.45) is -5.17. The Balaban J connectivity index is 3.05. The number of nitrogen functional groups attached to an aromatic ring is 1. The van der Waals surface area contributed by atoms with E-state index >= 15 is 0 Å². The summed E-state index contributed by atoms with van der Waals surface area (Å²) in [7, 11) is 0. The van der Waals surface area contributed by atoms with Crippen LogP contribution < -0.4 is 10.5 Å². The molecule has 0 saturated carbocycles. The van der Waals surface area contributed by atoms with Gasteiger partial charge in [-0.1, -0.05) is 6.07 Å². The Hall–Kier alpha value is -2.25. The topological polar surface area (TPSA) is 96.4 Å². The van der Waals surface area contributed by atoms with Crippen molar-refractivity contribution >= 4 is 11.8 Å². The molecule has 0 saturated heterocycles. The standard InChI is InChI=1S/C9H7F3N2O3/c10-9(11,12)8(16)17-5-3-1-2-4(6(5)15)7(13)14/h1-3,15H,(H3,13,14). The van der Waals surface area contributed by atoms with E-state index in [1.165, 1.54) is 12.1 Å². The zero-order chi connectivity index (χ0) is 13.2. The summed E-state index contributed by atoms with van der Waals surface area (Å²) in [6.45, 7) is 0. The molecule has 0 atom stereocenters. The fraction of sp³-hybridized carbons (Fsp3) is 0.111. The van der Waals surface area contributed by atoms with E-state index in [9.17, 15) is 23.1 Å². The number of esters is 1. The average Bonchev–Trinajstić information content (AvgIpc) is 2.19. The number of phenols is 1. The van der Waals surface area contributed by atoms with Crippen LogP contribution in [0.4, 0.5) is 13.2 Å². The maximum atomic E-state index is 11.9. The highest BCUT2D eigenvalue weighted by Crippen LogP contribution is 2.31. The number of nitrogens with two attached hydrogens (primary N) is 1. The molecule has 92 valence electrons. The molecule has 4 N–H and O–H groups in total. The molecule has 1 rings (SSSR count). The molecule has 8 heteroatoms. The normalized spacial score (nSPS) is 11.0. The fourth-order valence-electron chi connectivity index (χ4n) is 0.980. The van der Waals surface area contributed by atoms with Crippen LogP contribution in [0.15, 0.2) is 18.2 Å². The lowest BCUT2D eigenvalue weighted by Gasteiger charge is -2.10. The molecule has 0 heterocycles. The third-order valence-corrected chi connectivity index (χ3v) is 1.72. The van der Waals surface area contributed by atoms with Crippen LogP contribution in [0.5, 0.6) is 11.5 Å². The van der Waals surface area contributed by atoms with Gasteiger partial charge in [0.2, 0.25) is 0 Å². The molecule has 0 aromatic heterocycles. The van der Waals surface area contributed by atoms with Crippen LogP contribution in [0.3, 0.4) is 0 Å². The summed E-state index contributed by atoms with van der Waals surface area (Å²) >= 11 is 0. The number of aromatic hydroxyl groups is 1. The van der Waals surface area contributed by atoms with Gasteiger partial charge in [0, 0.05) is 0 Å². The van der Waals surface area contributed by atoms with Gasteiger partial charge in [0.05, 0.1) is 5.56 Å². The number of phenolic OH excluding ortho intramolecular Hbond substituents is 1. The molecule has 0 bridgehead atoms. The summed E-state index contributed by atoms with van der Waals surface area (Å²) < 4.78 is 39.6. The van der Waals surface area contributed by atoms with Crippen molar-refractivity contribution in [1.29, 1.82) is 5.41 Å². The Bertz CT molecular complexity index is 471. The molecular weight excluding hydrogens is 241 g/mol. The summed E-state index contributed by atoms with van der Waals surface area (Å²) in [5.74, 6) is -4.53. The molecule has 17 heavy (non-hydrogen) atoms. The lowest BCUT2D eigenvalue weighted by atomic mass is 10.1. The predicted octanol–water partition coefficient (Wildman–Crippen LogP) is 1.14. The zero-order valence-corrected chi connectivity index (χ0v) is 8.21. The summed E-state index contributed by atoms with van der Waals surface area (Å²) in [4.78, 5) is 10.5. The molecule has 0 unspecified atom stereocenters. The second kappa shape index (κ2) is 4.32. The number of nitrogens with one attached hydrogen (secondary N) is 1. The SMILES string of the molecule is N=C(N)c1cccc(OC(=O)C(F)(F)F)c1O. The second-order valence-corrected chi connectivity index (χ2v) is 2.95. The van der Waals surface area contributed by atoms with E-state index in [0.717, 1.165) is 6.07 Å². The van der Waals surface area contributed by atoms with E-state index in [1.54, 1.807) is 0 Å². The number of carbonyl (C=O) groups is 1. The smallest absolute Gasteiger partial charge is 0.491 e. The number of ether oxygens (including phenoxy) is 1. The molecule has 0 spiro atoms. The first-order chi connectivity index (χ1) is 7.73. The maximum absolute atomic E-state index is 11.9. The van der Waals surface area contributed by atoms with Crippen molar-refractivity contribution in [2.75, 3.05) is 0 Å². The van der Waals surface area contributed by atoms with Gasteiger partial charge in [-0.3, -0.25) is 5.41 Å². The van der Waals surface area contributed by atoms with Gasteiger partial charge in [0.15, 0.2) is 11.5 Å². The van der Waals surface area contributed by atoms with E-state index < -0.39 is 29.5 Å². The first kappa shape index (κ1) is 12.8. The molecule has 0 aliphatic carbocycles. The van der Waals surface area contributed by atoms with Gasteiger partial charge in [0.1, 0.15) is 5.84 Å². The van der Waals surface area contributed by atoms with Gasteiger partial charge in [-0.15, -0.1) is 0 Å². The number of hydrogen-bond acceptors (Lipinski definition) is 4. The highest BCUT2D eigenvalue weighted by atomic mass is 19.4. The molecule has 5 nitrogen and oxygen atoms in total. The zero-order valence-electron chi connectivity index (χ0n) is 8.21. The number of halogens is 3. The number of para-hydroxylation sites is 1. The van der Waals surface area contributed by atoms with Crippen LogP contribution in [0, 0.1) is 5.41 Å². The lowest BCUT2D eigenvalue weighted by Crippen LogP contribution is -2.28. The third kappa shape index (κ3) is 2.86. The number of rotatable bonds is 2. The monoisotopic (exact) mass is 248 g/mol. The Morgan fingerprint density at radius 2 is 2.00 bits per heavy atom. The maximum Gasteiger partial charge on any atom is 0.491 e. The Kier molecular flexibility index (Phi) is 3.26. The van der Waals surface area contributed by atoms with Crippen LogP contribution in [0.2, 0.25) is 0 Å². The molecule has 0 radical (unpaired) electrons. The van der Waals surface area contributed by atoms with Crippen LogP contribution in [0.25, 0.3) is 0 Å². The first-order valence-electron chi connectivity index (χ1n) is 4.19. The van der Waals surface area contributed by atoms with E-state index in [4.69, 9.17) is 11.1 Å². The number of benzene rings is 1. The van der Waals surface area contributed by atoms with Crippen molar-refractivity contribution in [2.24, 2.45) is 5.73 Å². The Labute approximate surface area is 93.1 Å². The highest BCUT2D eigenvalue weighted by molar-refractivity contribution is 5.98. The molecule has 0 amide bonds. The van der Waals surface area contributed by atoms with Crippen LogP contribution in [-0.2, 0) is 4.79 Å². The number of carbonyl (C=O) groups excluding carboxylic acids is 1. The van der Waals surface area contributed by atoms with Crippen LogP contribution in [0.1, 0.15) is 5.56 Å². The van der Waals surface area contributed by atoms with Gasteiger partial charge >= 0.3 is 12.1 Å². The van der Waals surface area contributed by atoms with E-state index in [-0.39, 0.29) is 5.56 Å². The van der Waals surface area contributed by atoms with Crippen molar-refractivity contribution in [3.05, 3.63) is 23.8 Å². The van der Waals surface area contributed by atoms with Crippen molar-refractivity contribution < 1.29 is 27.8 Å².